The molecule has 2 aliphatic carbocycles. The minimum Gasteiger partial charge on any atom is -0.502 e. The van der Waals surface area contributed by atoms with Crippen molar-refractivity contribution in [3.8, 4) is 0 Å². The van der Waals surface area contributed by atoms with Crippen molar-refractivity contribution in [1.29, 1.82) is 0 Å². The summed E-state index contributed by atoms with van der Waals surface area (Å²) in [7, 11) is 0. The fourth-order valence-corrected chi connectivity index (χ4v) is 2.78. The molecule has 0 aliphatic heterocycles. The zero-order valence-corrected chi connectivity index (χ0v) is 9.32. The molecule has 0 radical (unpaired) electrons. The molecule has 1 saturated carbocycles. The molecule has 0 spiro atoms. The molecular formula is C13H21NO. The normalized spacial score (nSPS) is 32.1. The summed E-state index contributed by atoms with van der Waals surface area (Å²) in [5.41, 5.74) is 0. The zero-order valence-electron chi connectivity index (χ0n) is 9.32. The van der Waals surface area contributed by atoms with Crippen molar-refractivity contribution >= 4 is 0 Å². The molecule has 1 fully saturated rings. The summed E-state index contributed by atoms with van der Waals surface area (Å²) in [6, 6.07) is 0. The van der Waals surface area contributed by atoms with E-state index in [0.717, 1.165) is 37.3 Å². The highest BCUT2D eigenvalue weighted by molar-refractivity contribution is 5.10. The quantitative estimate of drug-likeness (QED) is 0.393. The van der Waals surface area contributed by atoms with Gasteiger partial charge in [0.15, 0.2) is 0 Å². The Morgan fingerprint density at radius 3 is 3.00 bits per heavy atom. The van der Waals surface area contributed by atoms with Crippen molar-refractivity contribution in [2.45, 2.75) is 19.3 Å². The van der Waals surface area contributed by atoms with Crippen molar-refractivity contribution in [3.63, 3.8) is 0 Å². The Hall–Kier alpha value is -0.760. The summed E-state index contributed by atoms with van der Waals surface area (Å²) in [5.74, 6) is 2.65. The van der Waals surface area contributed by atoms with Gasteiger partial charge in [0, 0.05) is 0 Å². The molecule has 0 aromatic rings. The van der Waals surface area contributed by atoms with Crippen LogP contribution < -0.4 is 5.32 Å². The summed E-state index contributed by atoms with van der Waals surface area (Å²) in [5, 5.41) is 3.52. The van der Waals surface area contributed by atoms with Crippen LogP contribution in [0.25, 0.3) is 0 Å². The van der Waals surface area contributed by atoms with Crippen molar-refractivity contribution in [3.05, 3.63) is 25.0 Å². The second kappa shape index (κ2) is 5.36. The number of hydrogen-bond donors (Lipinski definition) is 1. The minimum absolute atomic E-state index is 0.785. The Balaban J connectivity index is 1.52. The number of allylic oxidation sites excluding steroid dienone is 2. The topological polar surface area (TPSA) is 21.3 Å². The van der Waals surface area contributed by atoms with Gasteiger partial charge >= 0.3 is 0 Å². The molecule has 0 saturated heterocycles. The van der Waals surface area contributed by atoms with Gasteiger partial charge in [-0.05, 0) is 50.1 Å². The van der Waals surface area contributed by atoms with E-state index in [9.17, 15) is 0 Å². The predicted octanol–water partition coefficient (Wildman–Crippen LogP) is 2.34. The first-order chi connectivity index (χ1) is 7.40. The Bertz CT molecular complexity index is 237. The molecule has 2 rings (SSSR count). The SMILES string of the molecule is C=COCCCNCC1CC2C=CC1C2. The van der Waals surface area contributed by atoms with Gasteiger partial charge < -0.3 is 10.1 Å². The average molecular weight is 207 g/mol. The number of nitrogens with one attached hydrogen (secondary N) is 1. The van der Waals surface area contributed by atoms with Crippen LogP contribution in [0.4, 0.5) is 0 Å². The predicted molar refractivity (Wildman–Crippen MR) is 62.5 cm³/mol. The molecule has 2 bridgehead atoms. The Morgan fingerprint density at radius 1 is 1.40 bits per heavy atom. The standard InChI is InChI=1S/C13H21NO/c1-2-15-7-3-6-14-10-13-9-11-4-5-12(13)8-11/h2,4-5,11-14H,1,3,6-10H2. The smallest absolute Gasteiger partial charge is 0.0885 e. The minimum atomic E-state index is 0.785. The summed E-state index contributed by atoms with van der Waals surface area (Å²) in [6.07, 6.45) is 10.2. The summed E-state index contributed by atoms with van der Waals surface area (Å²) in [6.45, 7) is 6.54. The van der Waals surface area contributed by atoms with Crippen LogP contribution in [0.1, 0.15) is 19.3 Å². The Kier molecular flexibility index (Phi) is 3.84. The molecule has 2 aliphatic rings. The first-order valence-electron chi connectivity index (χ1n) is 6.01. The van der Waals surface area contributed by atoms with E-state index in [-0.39, 0.29) is 0 Å². The zero-order chi connectivity index (χ0) is 10.5. The molecular weight excluding hydrogens is 186 g/mol. The number of hydrogen-bond acceptors (Lipinski definition) is 2. The maximum atomic E-state index is 5.07. The molecule has 0 aromatic carbocycles. The highest BCUT2D eigenvalue weighted by Gasteiger charge is 2.34. The lowest BCUT2D eigenvalue weighted by Crippen LogP contribution is -2.26. The third kappa shape index (κ3) is 2.85. The molecule has 0 heterocycles. The van der Waals surface area contributed by atoms with Crippen molar-refractivity contribution in [2.24, 2.45) is 17.8 Å². The van der Waals surface area contributed by atoms with E-state index < -0.39 is 0 Å². The number of fused-ring (bicyclic) bond motifs is 2. The van der Waals surface area contributed by atoms with E-state index in [1.54, 1.807) is 0 Å². The number of ether oxygens (including phenoxy) is 1. The lowest BCUT2D eigenvalue weighted by atomic mass is 9.94. The van der Waals surface area contributed by atoms with Gasteiger partial charge in [0.25, 0.3) is 0 Å². The van der Waals surface area contributed by atoms with Crippen molar-refractivity contribution in [1.82, 2.24) is 5.32 Å². The van der Waals surface area contributed by atoms with Crippen LogP contribution in [0.5, 0.6) is 0 Å². The van der Waals surface area contributed by atoms with E-state index in [4.69, 9.17) is 4.74 Å². The Labute approximate surface area is 92.4 Å². The molecule has 84 valence electrons. The van der Waals surface area contributed by atoms with Crippen LogP contribution in [-0.2, 0) is 4.74 Å². The lowest BCUT2D eigenvalue weighted by molar-refractivity contribution is 0.243. The van der Waals surface area contributed by atoms with Gasteiger partial charge in [-0.25, -0.2) is 0 Å². The van der Waals surface area contributed by atoms with E-state index in [1.807, 2.05) is 0 Å². The molecule has 0 amide bonds. The number of rotatable bonds is 7. The summed E-state index contributed by atoms with van der Waals surface area (Å²) < 4.78 is 5.07. The average Bonchev–Trinajstić information content (AvgIpc) is 2.85. The van der Waals surface area contributed by atoms with Crippen LogP contribution in [0.2, 0.25) is 0 Å². The highest BCUT2D eigenvalue weighted by Crippen LogP contribution is 2.42. The third-order valence-corrected chi connectivity index (χ3v) is 3.56. The summed E-state index contributed by atoms with van der Waals surface area (Å²) in [4.78, 5) is 0. The highest BCUT2D eigenvalue weighted by atomic mass is 16.5. The third-order valence-electron chi connectivity index (χ3n) is 3.56. The van der Waals surface area contributed by atoms with Crippen LogP contribution in [0, 0.1) is 17.8 Å². The molecule has 1 N–H and O–H groups in total. The maximum Gasteiger partial charge on any atom is 0.0885 e. The van der Waals surface area contributed by atoms with E-state index in [0.29, 0.717) is 0 Å². The van der Waals surface area contributed by atoms with E-state index in [2.05, 4.69) is 24.0 Å². The fraction of sp³-hybridized carbons (Fsp3) is 0.692. The molecule has 2 nitrogen and oxygen atoms in total. The van der Waals surface area contributed by atoms with Gasteiger partial charge in [-0.1, -0.05) is 18.7 Å². The second-order valence-corrected chi connectivity index (χ2v) is 4.64. The van der Waals surface area contributed by atoms with Gasteiger partial charge in [-0.3, -0.25) is 0 Å². The molecule has 2 heteroatoms. The lowest BCUT2D eigenvalue weighted by Gasteiger charge is -2.18. The van der Waals surface area contributed by atoms with Gasteiger partial charge in [-0.15, -0.1) is 0 Å². The van der Waals surface area contributed by atoms with E-state index in [1.165, 1.54) is 25.6 Å². The van der Waals surface area contributed by atoms with Crippen LogP contribution in [-0.4, -0.2) is 19.7 Å². The summed E-state index contributed by atoms with van der Waals surface area (Å²) >= 11 is 0. The second-order valence-electron chi connectivity index (χ2n) is 4.64. The Morgan fingerprint density at radius 2 is 2.33 bits per heavy atom. The monoisotopic (exact) mass is 207 g/mol. The van der Waals surface area contributed by atoms with Gasteiger partial charge in [0.2, 0.25) is 0 Å². The first kappa shape index (κ1) is 10.7. The maximum absolute atomic E-state index is 5.07. The fourth-order valence-electron chi connectivity index (χ4n) is 2.78. The molecule has 15 heavy (non-hydrogen) atoms. The molecule has 3 atom stereocenters. The van der Waals surface area contributed by atoms with Crippen LogP contribution in [0.15, 0.2) is 25.0 Å². The van der Waals surface area contributed by atoms with E-state index >= 15 is 0 Å². The molecule has 0 aromatic heterocycles. The van der Waals surface area contributed by atoms with Gasteiger partial charge in [-0.2, -0.15) is 0 Å². The van der Waals surface area contributed by atoms with Crippen LogP contribution >= 0.6 is 0 Å². The van der Waals surface area contributed by atoms with Crippen molar-refractivity contribution in [2.75, 3.05) is 19.7 Å². The molecule has 3 unspecified atom stereocenters. The van der Waals surface area contributed by atoms with Crippen molar-refractivity contribution < 1.29 is 4.74 Å². The van der Waals surface area contributed by atoms with Crippen LogP contribution in [0.3, 0.4) is 0 Å². The van der Waals surface area contributed by atoms with Gasteiger partial charge in [0.1, 0.15) is 0 Å². The van der Waals surface area contributed by atoms with Gasteiger partial charge in [0.05, 0.1) is 12.9 Å². The first-order valence-corrected chi connectivity index (χ1v) is 6.01. The largest absolute Gasteiger partial charge is 0.502 e.